The number of amides is 2. The second-order valence-electron chi connectivity index (χ2n) is 7.50. The Hall–Kier alpha value is -3.22. The van der Waals surface area contributed by atoms with E-state index in [-0.39, 0.29) is 18.4 Å². The lowest BCUT2D eigenvalue weighted by Crippen LogP contribution is -2.50. The summed E-state index contributed by atoms with van der Waals surface area (Å²) in [5, 5.41) is 2.58. The second kappa shape index (κ2) is 9.52. The summed E-state index contributed by atoms with van der Waals surface area (Å²) in [6.45, 7) is 4.96. The molecule has 1 N–H and O–H groups in total. The number of likely N-dealkylation sites (N-methyl/N-ethyl adjacent to an activating group) is 1. The molecule has 1 atom stereocenters. The minimum absolute atomic E-state index is 0.116. The van der Waals surface area contributed by atoms with E-state index in [0.717, 1.165) is 6.42 Å². The third-order valence-electron chi connectivity index (χ3n) is 4.92. The molecule has 7 nitrogen and oxygen atoms in total. The van der Waals surface area contributed by atoms with Crippen LogP contribution in [0.5, 0.6) is 17.2 Å². The highest BCUT2D eigenvalue weighted by Gasteiger charge is 2.34. The van der Waals surface area contributed by atoms with Gasteiger partial charge in [-0.2, -0.15) is 0 Å². The van der Waals surface area contributed by atoms with Gasteiger partial charge in [-0.3, -0.25) is 9.59 Å². The predicted molar refractivity (Wildman–Crippen MR) is 115 cm³/mol. The largest absolute Gasteiger partial charge is 0.493 e. The smallest absolute Gasteiger partial charge is 0.262 e. The Morgan fingerprint density at radius 1 is 1.20 bits per heavy atom. The number of carbonyl (C=O) groups excluding carboxylic acids is 2. The third-order valence-corrected chi connectivity index (χ3v) is 4.92. The molecular weight excluding hydrogens is 384 g/mol. The fraction of sp³-hybridized carbons (Fsp3) is 0.391. The van der Waals surface area contributed by atoms with Gasteiger partial charge in [-0.15, -0.1) is 0 Å². The molecule has 2 amide bonds. The summed E-state index contributed by atoms with van der Waals surface area (Å²) in [7, 11) is 3.09. The molecule has 0 radical (unpaired) electrons. The molecule has 1 aliphatic rings. The molecule has 30 heavy (non-hydrogen) atoms. The van der Waals surface area contributed by atoms with Gasteiger partial charge in [0, 0.05) is 12.6 Å². The molecule has 160 valence electrons. The molecular formula is C23H28N2O5. The number of benzene rings is 2. The standard InChI is InChI=1S/C23H28N2O5/c1-15(2)11-12-29-19-10-9-16(13-20(19)28-4)23(27)25-14-21(22(26)24-3)30-18-8-6-5-7-17(18)25/h5-10,13,15,21H,11-12,14H2,1-4H3,(H,24,26)/t21-/m0/s1. The average Bonchev–Trinajstić information content (AvgIpc) is 2.77. The maximum atomic E-state index is 13.3. The third kappa shape index (κ3) is 4.67. The maximum absolute atomic E-state index is 13.3. The first-order valence-corrected chi connectivity index (χ1v) is 10.0. The molecule has 0 spiro atoms. The number of nitrogens with zero attached hydrogens (tertiary/aromatic N) is 1. The summed E-state index contributed by atoms with van der Waals surface area (Å²) in [6, 6.07) is 12.3. The highest BCUT2D eigenvalue weighted by atomic mass is 16.5. The van der Waals surface area contributed by atoms with E-state index in [1.807, 2.05) is 6.07 Å². The van der Waals surface area contributed by atoms with E-state index < -0.39 is 6.10 Å². The Morgan fingerprint density at radius 3 is 2.67 bits per heavy atom. The second-order valence-corrected chi connectivity index (χ2v) is 7.50. The zero-order valence-electron chi connectivity index (χ0n) is 17.8. The van der Waals surface area contributed by atoms with E-state index in [4.69, 9.17) is 14.2 Å². The van der Waals surface area contributed by atoms with Crippen LogP contribution in [-0.2, 0) is 4.79 Å². The summed E-state index contributed by atoms with van der Waals surface area (Å²) in [6.07, 6.45) is 0.143. The van der Waals surface area contributed by atoms with Crippen molar-refractivity contribution in [2.45, 2.75) is 26.4 Å². The Labute approximate surface area is 176 Å². The summed E-state index contributed by atoms with van der Waals surface area (Å²) in [5.41, 5.74) is 1.06. The first kappa shape index (κ1) is 21.5. The average molecular weight is 412 g/mol. The highest BCUT2D eigenvalue weighted by molar-refractivity contribution is 6.08. The van der Waals surface area contributed by atoms with E-state index in [1.165, 1.54) is 0 Å². The van der Waals surface area contributed by atoms with Crippen molar-refractivity contribution in [1.82, 2.24) is 5.32 Å². The summed E-state index contributed by atoms with van der Waals surface area (Å²) >= 11 is 0. The molecule has 0 aromatic heterocycles. The Morgan fingerprint density at radius 2 is 1.97 bits per heavy atom. The summed E-state index contributed by atoms with van der Waals surface area (Å²) in [4.78, 5) is 27.1. The van der Waals surface area contributed by atoms with Gasteiger partial charge in [0.25, 0.3) is 11.8 Å². The molecule has 2 aromatic rings. The predicted octanol–water partition coefficient (Wildman–Crippen LogP) is 3.27. The van der Waals surface area contributed by atoms with Crippen LogP contribution in [0.15, 0.2) is 42.5 Å². The van der Waals surface area contributed by atoms with Crippen LogP contribution in [0.3, 0.4) is 0 Å². The Kier molecular flexibility index (Phi) is 6.82. The van der Waals surface area contributed by atoms with Gasteiger partial charge in [-0.05, 0) is 42.7 Å². The van der Waals surface area contributed by atoms with Gasteiger partial charge in [0.2, 0.25) is 0 Å². The minimum Gasteiger partial charge on any atom is -0.493 e. The van der Waals surface area contributed by atoms with Crippen LogP contribution in [0, 0.1) is 5.92 Å². The normalized spacial score (nSPS) is 15.2. The number of carbonyl (C=O) groups is 2. The van der Waals surface area contributed by atoms with E-state index in [1.54, 1.807) is 55.5 Å². The quantitative estimate of drug-likeness (QED) is 0.755. The molecule has 0 saturated carbocycles. The van der Waals surface area contributed by atoms with Gasteiger partial charge in [0.15, 0.2) is 17.6 Å². The van der Waals surface area contributed by atoms with Crippen LogP contribution < -0.4 is 24.4 Å². The number of hydrogen-bond acceptors (Lipinski definition) is 5. The SMILES string of the molecule is CNC(=O)[C@@H]1CN(C(=O)c2ccc(OCCC(C)C)c(OC)c2)c2ccccc2O1. The lowest BCUT2D eigenvalue weighted by molar-refractivity contribution is -0.127. The van der Waals surface area contributed by atoms with Crippen molar-refractivity contribution in [3.8, 4) is 17.2 Å². The number of ether oxygens (including phenoxy) is 3. The van der Waals surface area contributed by atoms with Crippen molar-refractivity contribution in [3.63, 3.8) is 0 Å². The van der Waals surface area contributed by atoms with E-state index in [9.17, 15) is 9.59 Å². The molecule has 1 aliphatic heterocycles. The van der Waals surface area contributed by atoms with E-state index >= 15 is 0 Å². The van der Waals surface area contributed by atoms with Crippen LogP contribution in [-0.4, -0.2) is 45.2 Å². The molecule has 0 fully saturated rings. The maximum Gasteiger partial charge on any atom is 0.262 e. The zero-order valence-corrected chi connectivity index (χ0v) is 17.8. The lowest BCUT2D eigenvalue weighted by Gasteiger charge is -2.34. The van der Waals surface area contributed by atoms with Crippen molar-refractivity contribution in [2.75, 3.05) is 32.2 Å². The molecule has 0 saturated heterocycles. The number of rotatable bonds is 7. The van der Waals surface area contributed by atoms with Crippen molar-refractivity contribution in [1.29, 1.82) is 0 Å². The molecule has 0 unspecified atom stereocenters. The minimum atomic E-state index is -0.783. The van der Waals surface area contributed by atoms with Gasteiger partial charge in [-0.1, -0.05) is 26.0 Å². The van der Waals surface area contributed by atoms with Crippen LogP contribution in [0.4, 0.5) is 5.69 Å². The first-order chi connectivity index (χ1) is 14.4. The van der Waals surface area contributed by atoms with Crippen LogP contribution in [0.1, 0.15) is 30.6 Å². The van der Waals surface area contributed by atoms with Gasteiger partial charge in [0.1, 0.15) is 5.75 Å². The first-order valence-electron chi connectivity index (χ1n) is 10.0. The van der Waals surface area contributed by atoms with Crippen molar-refractivity contribution < 1.29 is 23.8 Å². The summed E-state index contributed by atoms with van der Waals surface area (Å²) in [5.74, 6) is 1.59. The molecule has 0 bridgehead atoms. The number of anilines is 1. The van der Waals surface area contributed by atoms with Gasteiger partial charge >= 0.3 is 0 Å². The van der Waals surface area contributed by atoms with Gasteiger partial charge in [-0.25, -0.2) is 0 Å². The van der Waals surface area contributed by atoms with Gasteiger partial charge < -0.3 is 24.4 Å². The van der Waals surface area contributed by atoms with Crippen LogP contribution in [0.2, 0.25) is 0 Å². The van der Waals surface area contributed by atoms with Crippen molar-refractivity contribution in [2.24, 2.45) is 5.92 Å². The topological polar surface area (TPSA) is 77.1 Å². The van der Waals surface area contributed by atoms with Crippen molar-refractivity contribution >= 4 is 17.5 Å². The Balaban J connectivity index is 1.86. The van der Waals surface area contributed by atoms with Gasteiger partial charge in [0.05, 0.1) is 25.9 Å². The molecule has 2 aromatic carbocycles. The molecule has 0 aliphatic carbocycles. The molecule has 1 heterocycles. The number of hydrogen-bond donors (Lipinski definition) is 1. The number of nitrogens with one attached hydrogen (secondary N) is 1. The fourth-order valence-corrected chi connectivity index (χ4v) is 3.20. The highest BCUT2D eigenvalue weighted by Crippen LogP contribution is 2.35. The molecule has 3 rings (SSSR count). The monoisotopic (exact) mass is 412 g/mol. The van der Waals surface area contributed by atoms with Crippen molar-refractivity contribution in [3.05, 3.63) is 48.0 Å². The zero-order chi connectivity index (χ0) is 21.7. The summed E-state index contributed by atoms with van der Waals surface area (Å²) < 4.78 is 17.0. The lowest BCUT2D eigenvalue weighted by atomic mass is 10.1. The van der Waals surface area contributed by atoms with Crippen LogP contribution >= 0.6 is 0 Å². The Bertz CT molecular complexity index is 912. The fourth-order valence-electron chi connectivity index (χ4n) is 3.20. The van der Waals surface area contributed by atoms with E-state index in [0.29, 0.717) is 41.0 Å². The van der Waals surface area contributed by atoms with Crippen LogP contribution in [0.25, 0.3) is 0 Å². The van der Waals surface area contributed by atoms with E-state index in [2.05, 4.69) is 19.2 Å². The number of fused-ring (bicyclic) bond motifs is 1. The number of para-hydroxylation sites is 2. The number of methoxy groups -OCH3 is 1. The molecule has 7 heteroatoms.